The Morgan fingerprint density at radius 1 is 0.906 bits per heavy atom. The number of carbonyl (C=O) groups excluding carboxylic acids is 2. The Labute approximate surface area is 185 Å². The monoisotopic (exact) mass is 446 g/mol. The van der Waals surface area contributed by atoms with Gasteiger partial charge in [-0.3, -0.25) is 9.59 Å². The van der Waals surface area contributed by atoms with Crippen molar-refractivity contribution in [3.63, 3.8) is 0 Å². The molecule has 4 nitrogen and oxygen atoms in total. The highest BCUT2D eigenvalue weighted by Crippen LogP contribution is 2.34. The van der Waals surface area contributed by atoms with Gasteiger partial charge in [-0.15, -0.1) is 0 Å². The fourth-order valence-corrected chi connectivity index (χ4v) is 3.97. The van der Waals surface area contributed by atoms with E-state index >= 15 is 0 Å². The van der Waals surface area contributed by atoms with Gasteiger partial charge in [0.15, 0.2) is 0 Å². The molecule has 0 N–H and O–H groups in total. The lowest BCUT2D eigenvalue weighted by Crippen LogP contribution is -2.17. The molecule has 2 atom stereocenters. The zero-order valence-electron chi connectivity index (χ0n) is 18.5. The van der Waals surface area contributed by atoms with Crippen LogP contribution in [0.2, 0.25) is 0 Å². The van der Waals surface area contributed by atoms with E-state index in [0.29, 0.717) is 12.8 Å². The summed E-state index contributed by atoms with van der Waals surface area (Å²) in [6.07, 6.45) is -3.25. The van der Waals surface area contributed by atoms with Gasteiger partial charge in [0.05, 0.1) is 17.4 Å². The molecule has 0 saturated carbocycles. The Morgan fingerprint density at radius 2 is 1.41 bits per heavy atom. The third-order valence-electron chi connectivity index (χ3n) is 5.37. The molecule has 0 amide bonds. The van der Waals surface area contributed by atoms with E-state index in [1.54, 1.807) is 13.8 Å². The highest BCUT2D eigenvalue weighted by Gasteiger charge is 2.40. The van der Waals surface area contributed by atoms with E-state index in [9.17, 15) is 22.8 Å². The molecule has 2 saturated heterocycles. The number of esters is 2. The summed E-state index contributed by atoms with van der Waals surface area (Å²) in [5, 5.41) is 0. The van der Waals surface area contributed by atoms with Crippen molar-refractivity contribution >= 4 is 11.9 Å². The summed E-state index contributed by atoms with van der Waals surface area (Å²) in [5.41, 5.74) is -1.98. The minimum Gasteiger partial charge on any atom is -0.459 e. The molecule has 3 rings (SSSR count). The number of halogens is 3. The SMILES string of the molecule is CC1(C)CC(CC#Cc2ccc(C#CCC3CC(C)(C)OC3=O)c(C(F)(F)F)c2)C(=O)O1. The summed E-state index contributed by atoms with van der Waals surface area (Å²) in [7, 11) is 0. The van der Waals surface area contributed by atoms with Gasteiger partial charge in [-0.25, -0.2) is 0 Å². The first-order chi connectivity index (χ1) is 14.8. The van der Waals surface area contributed by atoms with Crippen LogP contribution in [0.5, 0.6) is 0 Å². The van der Waals surface area contributed by atoms with Gasteiger partial charge < -0.3 is 9.47 Å². The lowest BCUT2D eigenvalue weighted by Gasteiger charge is -2.14. The van der Waals surface area contributed by atoms with Crippen LogP contribution in [0.25, 0.3) is 0 Å². The Hall–Kier alpha value is -2.93. The summed E-state index contributed by atoms with van der Waals surface area (Å²) in [6.45, 7) is 7.20. The van der Waals surface area contributed by atoms with E-state index in [1.807, 2.05) is 13.8 Å². The van der Waals surface area contributed by atoms with Crippen molar-refractivity contribution in [1.82, 2.24) is 0 Å². The number of hydrogen-bond acceptors (Lipinski definition) is 4. The molecule has 0 bridgehead atoms. The van der Waals surface area contributed by atoms with Crippen molar-refractivity contribution in [3.05, 3.63) is 34.9 Å². The third kappa shape index (κ3) is 5.85. The fraction of sp³-hybridized carbons (Fsp3) is 0.520. The van der Waals surface area contributed by atoms with Crippen molar-refractivity contribution in [2.45, 2.75) is 70.8 Å². The molecule has 2 heterocycles. The smallest absolute Gasteiger partial charge is 0.417 e. The molecule has 2 fully saturated rings. The molecule has 170 valence electrons. The molecule has 0 spiro atoms. The molecular formula is C25H25F3O4. The average molecular weight is 446 g/mol. The first-order valence-corrected chi connectivity index (χ1v) is 10.4. The van der Waals surface area contributed by atoms with Gasteiger partial charge in [-0.1, -0.05) is 23.7 Å². The van der Waals surface area contributed by atoms with Crippen LogP contribution in [0.1, 0.15) is 70.1 Å². The molecule has 1 aromatic rings. The second-order valence-electron chi connectivity index (χ2n) is 9.43. The largest absolute Gasteiger partial charge is 0.459 e. The third-order valence-corrected chi connectivity index (χ3v) is 5.37. The van der Waals surface area contributed by atoms with Crippen LogP contribution < -0.4 is 0 Å². The quantitative estimate of drug-likeness (QED) is 0.480. The number of rotatable bonds is 2. The minimum absolute atomic E-state index is 0.134. The number of carbonyl (C=O) groups is 2. The van der Waals surface area contributed by atoms with Crippen molar-refractivity contribution in [2.24, 2.45) is 11.8 Å². The Balaban J connectivity index is 1.74. The number of alkyl halides is 3. The maximum atomic E-state index is 13.6. The molecule has 0 aliphatic carbocycles. The summed E-state index contributed by atoms with van der Waals surface area (Å²) in [4.78, 5) is 23.7. The maximum Gasteiger partial charge on any atom is 0.417 e. The number of cyclic esters (lactones) is 2. The summed E-state index contributed by atoms with van der Waals surface area (Å²) in [6, 6.07) is 3.71. The van der Waals surface area contributed by atoms with Gasteiger partial charge in [0, 0.05) is 36.8 Å². The lowest BCUT2D eigenvalue weighted by molar-refractivity contribution is -0.149. The van der Waals surface area contributed by atoms with Crippen molar-refractivity contribution in [1.29, 1.82) is 0 Å². The predicted octanol–water partition coefficient (Wildman–Crippen LogP) is 4.87. The molecule has 2 unspecified atom stereocenters. The summed E-state index contributed by atoms with van der Waals surface area (Å²) in [5.74, 6) is 9.23. The Kier molecular flexibility index (Phi) is 6.33. The molecule has 0 aromatic heterocycles. The second kappa shape index (κ2) is 8.54. The molecule has 1 aromatic carbocycles. The van der Waals surface area contributed by atoms with Crippen LogP contribution in [0.3, 0.4) is 0 Å². The van der Waals surface area contributed by atoms with Gasteiger partial charge in [0.25, 0.3) is 0 Å². The Morgan fingerprint density at radius 3 is 1.84 bits per heavy atom. The van der Waals surface area contributed by atoms with Crippen LogP contribution in [0, 0.1) is 35.5 Å². The predicted molar refractivity (Wildman–Crippen MR) is 111 cm³/mol. The minimum atomic E-state index is -4.60. The fourth-order valence-electron chi connectivity index (χ4n) is 3.97. The highest BCUT2D eigenvalue weighted by atomic mass is 19.4. The topological polar surface area (TPSA) is 52.6 Å². The standard InChI is InChI=1S/C25H25F3O4/c1-23(2)14-18(21(29)31-23)9-5-7-16-11-12-17(20(13-16)25(26,27)28)8-6-10-19-15-24(3,4)32-22(19)30/h11-13,18-19H,9-10,14-15H2,1-4H3. The van der Waals surface area contributed by atoms with Crippen molar-refractivity contribution < 1.29 is 32.2 Å². The maximum absolute atomic E-state index is 13.6. The van der Waals surface area contributed by atoms with Gasteiger partial charge in [0.1, 0.15) is 11.2 Å². The van der Waals surface area contributed by atoms with E-state index in [1.165, 1.54) is 12.1 Å². The normalized spacial score (nSPS) is 23.5. The van der Waals surface area contributed by atoms with Gasteiger partial charge in [0.2, 0.25) is 0 Å². The molecule has 2 aliphatic rings. The molecule has 0 radical (unpaired) electrons. The van der Waals surface area contributed by atoms with Crippen LogP contribution >= 0.6 is 0 Å². The summed E-state index contributed by atoms with van der Waals surface area (Å²) < 4.78 is 51.2. The Bertz CT molecular complexity index is 1040. The van der Waals surface area contributed by atoms with E-state index in [-0.39, 0.29) is 41.8 Å². The van der Waals surface area contributed by atoms with Crippen LogP contribution in [-0.4, -0.2) is 23.1 Å². The van der Waals surface area contributed by atoms with E-state index in [4.69, 9.17) is 9.47 Å². The van der Waals surface area contributed by atoms with E-state index in [2.05, 4.69) is 23.7 Å². The van der Waals surface area contributed by atoms with Crippen LogP contribution in [-0.2, 0) is 25.2 Å². The van der Waals surface area contributed by atoms with Gasteiger partial charge in [-0.05, 0) is 45.9 Å². The van der Waals surface area contributed by atoms with Gasteiger partial charge >= 0.3 is 18.1 Å². The lowest BCUT2D eigenvalue weighted by atomic mass is 9.94. The highest BCUT2D eigenvalue weighted by molar-refractivity contribution is 5.76. The van der Waals surface area contributed by atoms with Crippen molar-refractivity contribution in [3.8, 4) is 23.7 Å². The second-order valence-corrected chi connectivity index (χ2v) is 9.43. The molecule has 7 heteroatoms. The van der Waals surface area contributed by atoms with Crippen molar-refractivity contribution in [2.75, 3.05) is 0 Å². The van der Waals surface area contributed by atoms with E-state index < -0.39 is 28.9 Å². The van der Waals surface area contributed by atoms with E-state index in [0.717, 1.165) is 6.07 Å². The first-order valence-electron chi connectivity index (χ1n) is 10.4. The number of benzene rings is 1. The van der Waals surface area contributed by atoms with Crippen LogP contribution in [0.4, 0.5) is 13.2 Å². The molecule has 32 heavy (non-hydrogen) atoms. The summed E-state index contributed by atoms with van der Waals surface area (Å²) >= 11 is 0. The van der Waals surface area contributed by atoms with Gasteiger partial charge in [-0.2, -0.15) is 13.2 Å². The number of hydrogen-bond donors (Lipinski definition) is 0. The molecule has 2 aliphatic heterocycles. The zero-order chi connectivity index (χ0) is 23.7. The first kappa shape index (κ1) is 23.7. The molecular weight excluding hydrogens is 421 g/mol. The average Bonchev–Trinajstić information content (AvgIpc) is 3.07. The van der Waals surface area contributed by atoms with Crippen LogP contribution in [0.15, 0.2) is 18.2 Å². The number of ether oxygens (including phenoxy) is 2. The zero-order valence-corrected chi connectivity index (χ0v) is 18.5.